The second-order valence-corrected chi connectivity index (χ2v) is 7.05. The number of anilines is 1. The van der Waals surface area contributed by atoms with E-state index in [9.17, 15) is 32.9 Å². The molecule has 0 bridgehead atoms. The summed E-state index contributed by atoms with van der Waals surface area (Å²) >= 11 is 0. The highest BCUT2D eigenvalue weighted by Crippen LogP contribution is 2.39. The van der Waals surface area contributed by atoms with Crippen LogP contribution in [-0.2, 0) is 15.8 Å². The topological polar surface area (TPSA) is 102 Å². The molecule has 1 aliphatic rings. The predicted octanol–water partition coefficient (Wildman–Crippen LogP) is 4.87. The van der Waals surface area contributed by atoms with Crippen LogP contribution in [0, 0.1) is 10.1 Å². The molecule has 11 heteroatoms. The van der Waals surface area contributed by atoms with Gasteiger partial charge in [0.1, 0.15) is 11.3 Å². The van der Waals surface area contributed by atoms with Gasteiger partial charge >= 0.3 is 11.9 Å². The van der Waals surface area contributed by atoms with E-state index in [0.29, 0.717) is 17.8 Å². The number of amides is 2. The number of ether oxygens (including phenoxy) is 1. The summed E-state index contributed by atoms with van der Waals surface area (Å²) in [6.45, 7) is 0. The van der Waals surface area contributed by atoms with Crippen molar-refractivity contribution in [1.82, 2.24) is 5.43 Å². The molecule has 0 unspecified atom stereocenters. The Morgan fingerprint density at radius 1 is 0.941 bits per heavy atom. The number of nitro benzene ring substituents is 1. The first kappa shape index (κ1) is 22.5. The number of nitro groups is 1. The second kappa shape index (κ2) is 8.70. The monoisotopic (exact) mass is 469 g/mol. The van der Waals surface area contributed by atoms with Crippen LogP contribution >= 0.6 is 0 Å². The Hall–Kier alpha value is -4.67. The highest BCUT2D eigenvalue weighted by Gasteiger charge is 2.35. The van der Waals surface area contributed by atoms with E-state index in [2.05, 4.69) is 5.43 Å². The lowest BCUT2D eigenvalue weighted by Gasteiger charge is -2.14. The first-order valence-electron chi connectivity index (χ1n) is 9.70. The van der Waals surface area contributed by atoms with Crippen molar-refractivity contribution in [2.24, 2.45) is 0 Å². The summed E-state index contributed by atoms with van der Waals surface area (Å²) in [5.41, 5.74) is 0.790. The zero-order chi connectivity index (χ0) is 24.5. The fourth-order valence-electron chi connectivity index (χ4n) is 3.21. The third kappa shape index (κ3) is 4.44. The van der Waals surface area contributed by atoms with Crippen molar-refractivity contribution in [3.05, 3.63) is 99.6 Å². The van der Waals surface area contributed by atoms with Crippen molar-refractivity contribution in [3.63, 3.8) is 0 Å². The number of alkyl halides is 3. The number of carbonyl (C=O) groups is 2. The fraction of sp³-hybridized carbons (Fsp3) is 0.0435. The van der Waals surface area contributed by atoms with Gasteiger partial charge in [-0.2, -0.15) is 13.2 Å². The van der Waals surface area contributed by atoms with E-state index in [-0.39, 0.29) is 16.9 Å². The van der Waals surface area contributed by atoms with Crippen molar-refractivity contribution in [2.75, 3.05) is 5.01 Å². The quantitative estimate of drug-likeness (QED) is 0.249. The van der Waals surface area contributed by atoms with Crippen molar-refractivity contribution < 1.29 is 32.4 Å². The summed E-state index contributed by atoms with van der Waals surface area (Å²) in [6.07, 6.45) is -3.53. The van der Waals surface area contributed by atoms with E-state index in [4.69, 9.17) is 4.74 Å². The van der Waals surface area contributed by atoms with Gasteiger partial charge in [-0.3, -0.25) is 25.1 Å². The summed E-state index contributed by atoms with van der Waals surface area (Å²) in [5.74, 6) is -1.75. The summed E-state index contributed by atoms with van der Waals surface area (Å²) in [7, 11) is 0. The zero-order valence-corrected chi connectivity index (χ0v) is 17.1. The molecule has 0 atom stereocenters. The van der Waals surface area contributed by atoms with E-state index >= 15 is 0 Å². The highest BCUT2D eigenvalue weighted by molar-refractivity contribution is 6.31. The maximum Gasteiger partial charge on any atom is 0.416 e. The molecule has 1 aliphatic heterocycles. The van der Waals surface area contributed by atoms with Gasteiger partial charge < -0.3 is 4.74 Å². The number of hydrogen-bond acceptors (Lipinski definition) is 5. The lowest BCUT2D eigenvalue weighted by atomic mass is 10.1. The van der Waals surface area contributed by atoms with E-state index in [0.717, 1.165) is 11.1 Å². The molecule has 3 aromatic rings. The second-order valence-electron chi connectivity index (χ2n) is 7.05. The first-order chi connectivity index (χ1) is 16.1. The normalized spacial score (nSPS) is 14.9. The van der Waals surface area contributed by atoms with Crippen molar-refractivity contribution >= 4 is 29.3 Å². The summed E-state index contributed by atoms with van der Waals surface area (Å²) in [6, 6.07) is 16.3. The van der Waals surface area contributed by atoms with Gasteiger partial charge in [0, 0.05) is 11.6 Å². The molecular weight excluding hydrogens is 455 g/mol. The van der Waals surface area contributed by atoms with Crippen LogP contribution in [0.4, 0.5) is 24.5 Å². The Morgan fingerprint density at radius 2 is 1.62 bits per heavy atom. The van der Waals surface area contributed by atoms with Gasteiger partial charge in [0.25, 0.3) is 11.8 Å². The van der Waals surface area contributed by atoms with Gasteiger partial charge in [-0.15, -0.1) is 0 Å². The van der Waals surface area contributed by atoms with Crippen LogP contribution < -0.4 is 15.2 Å². The number of benzene rings is 3. The molecule has 2 amide bonds. The third-order valence-corrected chi connectivity index (χ3v) is 4.83. The molecule has 1 saturated heterocycles. The molecule has 4 rings (SSSR count). The minimum Gasteiger partial charge on any atom is -0.449 e. The van der Waals surface area contributed by atoms with Crippen LogP contribution in [0.2, 0.25) is 0 Å². The van der Waals surface area contributed by atoms with Gasteiger partial charge in [0.05, 0.1) is 16.2 Å². The molecule has 0 saturated carbocycles. The fourth-order valence-corrected chi connectivity index (χ4v) is 3.21. The van der Waals surface area contributed by atoms with Crippen LogP contribution in [0.15, 0.2) is 78.4 Å². The number of hydrazine groups is 1. The van der Waals surface area contributed by atoms with Gasteiger partial charge in [-0.1, -0.05) is 36.4 Å². The average molecular weight is 469 g/mol. The third-order valence-electron chi connectivity index (χ3n) is 4.83. The van der Waals surface area contributed by atoms with Crippen LogP contribution in [-0.4, -0.2) is 16.7 Å². The number of nitrogens with one attached hydrogen (secondary N) is 1. The predicted molar refractivity (Wildman–Crippen MR) is 115 cm³/mol. The van der Waals surface area contributed by atoms with Crippen molar-refractivity contribution in [2.45, 2.75) is 6.18 Å². The van der Waals surface area contributed by atoms with Crippen molar-refractivity contribution in [3.8, 4) is 11.5 Å². The SMILES string of the molecule is O=C1NN(c2ccccc2)C(=O)C1=Cc1ccccc1Oc1ccc(C(F)(F)F)cc1[N+](=O)[O-]. The maximum absolute atomic E-state index is 13.0. The Morgan fingerprint density at radius 3 is 2.29 bits per heavy atom. The number of halogens is 3. The van der Waals surface area contributed by atoms with Gasteiger partial charge in [-0.25, -0.2) is 5.01 Å². The highest BCUT2D eigenvalue weighted by atomic mass is 19.4. The smallest absolute Gasteiger partial charge is 0.416 e. The van der Waals surface area contributed by atoms with E-state index in [1.54, 1.807) is 36.4 Å². The van der Waals surface area contributed by atoms with Crippen molar-refractivity contribution in [1.29, 1.82) is 0 Å². The molecule has 172 valence electrons. The summed E-state index contributed by atoms with van der Waals surface area (Å²) < 4.78 is 44.4. The number of hydrogen-bond donors (Lipinski definition) is 1. The average Bonchev–Trinajstić information content (AvgIpc) is 3.08. The standard InChI is InChI=1S/C23H14F3N3O5/c24-23(25,26)15-10-11-20(18(13-15)29(32)33)34-19-9-5-4-6-14(19)12-17-21(30)27-28(22(17)31)16-7-2-1-3-8-16/h1-13H,(H,27,30). The van der Waals surface area contributed by atoms with E-state index in [1.165, 1.54) is 24.3 Å². The molecule has 0 aliphatic carbocycles. The lowest BCUT2D eigenvalue weighted by Crippen LogP contribution is -2.35. The molecule has 0 aromatic heterocycles. The van der Waals surface area contributed by atoms with Crippen LogP contribution in [0.5, 0.6) is 11.5 Å². The molecular formula is C23H14F3N3O5. The number of nitrogens with zero attached hydrogens (tertiary/aromatic N) is 2. The molecule has 8 nitrogen and oxygen atoms in total. The molecule has 1 heterocycles. The number of carbonyl (C=O) groups excluding carboxylic acids is 2. The van der Waals surface area contributed by atoms with Gasteiger partial charge in [0.15, 0.2) is 0 Å². The largest absolute Gasteiger partial charge is 0.449 e. The Bertz CT molecular complexity index is 1320. The minimum atomic E-state index is -4.77. The van der Waals surface area contributed by atoms with E-state index in [1.807, 2.05) is 0 Å². The molecule has 1 N–H and O–H groups in total. The Kier molecular flexibility index (Phi) is 5.76. The Balaban J connectivity index is 1.69. The molecule has 1 fully saturated rings. The molecule has 34 heavy (non-hydrogen) atoms. The molecule has 0 radical (unpaired) electrons. The zero-order valence-electron chi connectivity index (χ0n) is 17.1. The maximum atomic E-state index is 13.0. The van der Waals surface area contributed by atoms with Crippen LogP contribution in [0.3, 0.4) is 0 Å². The van der Waals surface area contributed by atoms with Gasteiger partial charge in [-0.05, 0) is 36.4 Å². The first-order valence-corrected chi connectivity index (χ1v) is 9.70. The number of rotatable bonds is 5. The lowest BCUT2D eigenvalue weighted by molar-refractivity contribution is -0.385. The van der Waals surface area contributed by atoms with Crippen LogP contribution in [0.25, 0.3) is 6.08 Å². The summed E-state index contributed by atoms with van der Waals surface area (Å²) in [5, 5.41) is 12.4. The van der Waals surface area contributed by atoms with Crippen LogP contribution in [0.1, 0.15) is 11.1 Å². The summed E-state index contributed by atoms with van der Waals surface area (Å²) in [4.78, 5) is 35.6. The minimum absolute atomic E-state index is 0.00313. The Labute approximate surface area is 190 Å². The van der Waals surface area contributed by atoms with E-state index < -0.39 is 39.9 Å². The number of para-hydroxylation sites is 2. The molecule has 3 aromatic carbocycles. The van der Waals surface area contributed by atoms with Gasteiger partial charge in [0.2, 0.25) is 5.75 Å². The molecule has 0 spiro atoms.